The molecule has 1 amide bonds. The van der Waals surface area contributed by atoms with E-state index in [1.807, 2.05) is 40.0 Å². The average molecular weight is 364 g/mol. The van der Waals surface area contributed by atoms with Crippen LogP contribution in [0.1, 0.15) is 49.5 Å². The molecule has 0 aliphatic heterocycles. The molecule has 7 heteroatoms. The molecule has 27 heavy (non-hydrogen) atoms. The first kappa shape index (κ1) is 17.5. The van der Waals surface area contributed by atoms with Crippen molar-refractivity contribution in [1.82, 2.24) is 24.5 Å². The van der Waals surface area contributed by atoms with Gasteiger partial charge in [-0.05, 0) is 18.4 Å². The zero-order valence-electron chi connectivity index (χ0n) is 15.3. The predicted octanol–water partition coefficient (Wildman–Crippen LogP) is 2.72. The summed E-state index contributed by atoms with van der Waals surface area (Å²) in [6.45, 7) is 0.701. The minimum absolute atomic E-state index is 0.0604. The van der Waals surface area contributed by atoms with Crippen molar-refractivity contribution in [2.75, 3.05) is 0 Å². The van der Waals surface area contributed by atoms with Crippen molar-refractivity contribution < 1.29 is 4.79 Å². The van der Waals surface area contributed by atoms with Crippen LogP contribution in [-0.2, 0) is 17.8 Å². The van der Waals surface area contributed by atoms with Crippen LogP contribution in [0, 0.1) is 0 Å². The third-order valence-corrected chi connectivity index (χ3v) is 5.01. The lowest BCUT2D eigenvalue weighted by atomic mass is 9.95. The molecular weight excluding hydrogens is 340 g/mol. The molecule has 1 fully saturated rings. The number of hydrogen-bond donors (Lipinski definition) is 1. The van der Waals surface area contributed by atoms with E-state index in [0.717, 1.165) is 24.2 Å². The van der Waals surface area contributed by atoms with E-state index >= 15 is 0 Å². The Morgan fingerprint density at radius 1 is 1.15 bits per heavy atom. The first-order chi connectivity index (χ1) is 13.2. The minimum atomic E-state index is -0.415. The second-order valence-corrected chi connectivity index (χ2v) is 7.14. The van der Waals surface area contributed by atoms with Crippen LogP contribution in [0.2, 0.25) is 0 Å². The zero-order chi connectivity index (χ0) is 18.6. The molecule has 0 atom stereocenters. The van der Waals surface area contributed by atoms with E-state index in [9.17, 15) is 4.79 Å². The van der Waals surface area contributed by atoms with Crippen molar-refractivity contribution in [2.24, 2.45) is 5.73 Å². The van der Waals surface area contributed by atoms with Gasteiger partial charge in [-0.15, -0.1) is 0 Å². The highest BCUT2D eigenvalue weighted by molar-refractivity contribution is 5.75. The maximum Gasteiger partial charge on any atom is 0.225 e. The smallest absolute Gasteiger partial charge is 0.225 e. The quantitative estimate of drug-likeness (QED) is 0.728. The molecule has 2 aromatic heterocycles. The molecule has 0 bridgehead atoms. The molecule has 0 unspecified atom stereocenters. The summed E-state index contributed by atoms with van der Waals surface area (Å²) < 4.78 is 3.89. The van der Waals surface area contributed by atoms with Crippen molar-refractivity contribution in [1.29, 1.82) is 0 Å². The molecule has 0 saturated heterocycles. The van der Waals surface area contributed by atoms with E-state index < -0.39 is 5.91 Å². The van der Waals surface area contributed by atoms with Crippen LogP contribution in [0.25, 0.3) is 11.4 Å². The van der Waals surface area contributed by atoms with Gasteiger partial charge in [-0.25, -0.2) is 9.67 Å². The summed E-state index contributed by atoms with van der Waals surface area (Å²) in [5.74, 6) is 0.846. The molecule has 0 radical (unpaired) electrons. The van der Waals surface area contributed by atoms with E-state index in [1.54, 1.807) is 0 Å². The Kier molecular flexibility index (Phi) is 5.00. The number of nitrogens with two attached hydrogens (primary N) is 1. The summed E-state index contributed by atoms with van der Waals surface area (Å²) in [6.07, 6.45) is 9.71. The van der Waals surface area contributed by atoms with Crippen LogP contribution in [0.4, 0.5) is 0 Å². The third-order valence-electron chi connectivity index (χ3n) is 5.01. The summed E-state index contributed by atoms with van der Waals surface area (Å²) >= 11 is 0. The van der Waals surface area contributed by atoms with E-state index in [2.05, 4.69) is 27.3 Å². The lowest BCUT2D eigenvalue weighted by Crippen LogP contribution is -2.17. The van der Waals surface area contributed by atoms with Gasteiger partial charge in [0.25, 0.3) is 0 Å². The molecule has 1 aromatic carbocycles. The molecule has 0 spiro atoms. The largest absolute Gasteiger partial charge is 0.369 e. The molecule has 1 aliphatic rings. The Morgan fingerprint density at radius 3 is 2.67 bits per heavy atom. The molecule has 1 saturated carbocycles. The number of carbonyl (C=O) groups is 1. The molecule has 1 aliphatic carbocycles. The summed E-state index contributed by atoms with van der Waals surface area (Å²) in [5.41, 5.74) is 7.45. The van der Waals surface area contributed by atoms with Crippen LogP contribution < -0.4 is 5.73 Å². The Morgan fingerprint density at radius 2 is 1.93 bits per heavy atom. The van der Waals surface area contributed by atoms with Gasteiger partial charge in [0.05, 0.1) is 30.8 Å². The molecule has 3 aromatic rings. The number of rotatable bonds is 6. The van der Waals surface area contributed by atoms with E-state index in [1.165, 1.54) is 24.8 Å². The lowest BCUT2D eigenvalue weighted by Gasteiger charge is -2.22. The van der Waals surface area contributed by atoms with E-state index in [0.29, 0.717) is 18.4 Å². The number of benzene rings is 1. The predicted molar refractivity (Wildman–Crippen MR) is 102 cm³/mol. The van der Waals surface area contributed by atoms with Crippen molar-refractivity contribution in [2.45, 2.75) is 51.1 Å². The highest BCUT2D eigenvalue weighted by Gasteiger charge is 2.23. The normalized spacial score (nSPS) is 15.1. The lowest BCUT2D eigenvalue weighted by molar-refractivity contribution is -0.117. The first-order valence-electron chi connectivity index (χ1n) is 9.49. The van der Waals surface area contributed by atoms with Gasteiger partial charge in [0, 0.05) is 6.20 Å². The SMILES string of the molecule is NC(=O)Cc1nc(-c2cnn(Cc3ccccc3)c2)n(C2CCCCC2)n1. The van der Waals surface area contributed by atoms with Crippen LogP contribution in [0.15, 0.2) is 42.7 Å². The Bertz CT molecular complexity index is 908. The topological polar surface area (TPSA) is 91.6 Å². The second kappa shape index (κ2) is 7.73. The molecule has 140 valence electrons. The Labute approximate surface area is 158 Å². The van der Waals surface area contributed by atoms with E-state index in [4.69, 9.17) is 5.73 Å². The summed E-state index contributed by atoms with van der Waals surface area (Å²) in [6, 6.07) is 10.5. The molecular formula is C20H24N6O. The second-order valence-electron chi connectivity index (χ2n) is 7.14. The van der Waals surface area contributed by atoms with Crippen molar-refractivity contribution in [3.8, 4) is 11.4 Å². The van der Waals surface area contributed by atoms with Gasteiger partial charge in [0.15, 0.2) is 11.6 Å². The van der Waals surface area contributed by atoms with Gasteiger partial charge in [0.2, 0.25) is 5.91 Å². The van der Waals surface area contributed by atoms with E-state index in [-0.39, 0.29) is 6.42 Å². The minimum Gasteiger partial charge on any atom is -0.369 e. The van der Waals surface area contributed by atoms with Gasteiger partial charge in [0.1, 0.15) is 0 Å². The first-order valence-corrected chi connectivity index (χ1v) is 9.49. The summed E-state index contributed by atoms with van der Waals surface area (Å²) in [4.78, 5) is 15.9. The van der Waals surface area contributed by atoms with Crippen LogP contribution >= 0.6 is 0 Å². The van der Waals surface area contributed by atoms with Gasteiger partial charge >= 0.3 is 0 Å². The number of primary amides is 1. The number of nitrogens with zero attached hydrogens (tertiary/aromatic N) is 5. The van der Waals surface area contributed by atoms with Gasteiger partial charge < -0.3 is 5.73 Å². The maximum absolute atomic E-state index is 11.3. The Hall–Kier alpha value is -2.96. The maximum atomic E-state index is 11.3. The van der Waals surface area contributed by atoms with Crippen LogP contribution in [0.5, 0.6) is 0 Å². The third kappa shape index (κ3) is 4.07. The number of hydrogen-bond acceptors (Lipinski definition) is 4. The van der Waals surface area contributed by atoms with Crippen LogP contribution in [0.3, 0.4) is 0 Å². The van der Waals surface area contributed by atoms with Crippen molar-refractivity contribution in [3.05, 3.63) is 54.1 Å². The summed E-state index contributed by atoms with van der Waals surface area (Å²) in [7, 11) is 0. The Balaban J connectivity index is 1.63. The molecule has 2 heterocycles. The van der Waals surface area contributed by atoms with Crippen molar-refractivity contribution >= 4 is 5.91 Å². The number of carbonyl (C=O) groups excluding carboxylic acids is 1. The summed E-state index contributed by atoms with van der Waals surface area (Å²) in [5, 5.41) is 9.10. The monoisotopic (exact) mass is 364 g/mol. The standard InChI is InChI=1S/C20H24N6O/c21-18(27)11-19-23-20(26(24-19)17-9-5-2-6-10-17)16-12-22-25(14-16)13-15-7-3-1-4-8-15/h1,3-4,7-8,12,14,17H,2,5-6,9-11,13H2,(H2,21,27). The fourth-order valence-electron chi connectivity index (χ4n) is 3.71. The van der Waals surface area contributed by atoms with Gasteiger partial charge in [-0.2, -0.15) is 10.2 Å². The van der Waals surface area contributed by atoms with Crippen molar-refractivity contribution in [3.63, 3.8) is 0 Å². The molecule has 7 nitrogen and oxygen atoms in total. The fraction of sp³-hybridized carbons (Fsp3) is 0.400. The molecule has 2 N–H and O–H groups in total. The van der Waals surface area contributed by atoms with Gasteiger partial charge in [-0.3, -0.25) is 9.48 Å². The molecule has 4 rings (SSSR count). The number of aromatic nitrogens is 5. The van der Waals surface area contributed by atoms with Crippen LogP contribution in [-0.4, -0.2) is 30.5 Å². The highest BCUT2D eigenvalue weighted by Crippen LogP contribution is 2.31. The zero-order valence-corrected chi connectivity index (χ0v) is 15.3. The average Bonchev–Trinajstić information content (AvgIpc) is 3.30. The number of amides is 1. The van der Waals surface area contributed by atoms with Gasteiger partial charge in [-0.1, -0.05) is 49.6 Å². The highest BCUT2D eigenvalue weighted by atomic mass is 16.1. The fourth-order valence-corrected chi connectivity index (χ4v) is 3.71.